The van der Waals surface area contributed by atoms with Crippen molar-refractivity contribution in [2.45, 2.75) is 32.5 Å². The molecule has 1 aromatic rings. The fourth-order valence-electron chi connectivity index (χ4n) is 1.56. The van der Waals surface area contributed by atoms with Crippen LogP contribution >= 0.6 is 0 Å². The number of rotatable bonds is 5. The summed E-state index contributed by atoms with van der Waals surface area (Å²) in [6, 6.07) is 0.677. The molecule has 1 aromatic heterocycles. The molecule has 0 aliphatic rings. The van der Waals surface area contributed by atoms with E-state index in [1.54, 1.807) is 0 Å². The van der Waals surface area contributed by atoms with Crippen LogP contribution in [0, 0.1) is 5.92 Å². The summed E-state index contributed by atoms with van der Waals surface area (Å²) in [4.78, 5) is 14.7. The molecule has 0 radical (unpaired) electrons. The van der Waals surface area contributed by atoms with Crippen LogP contribution in [0.5, 0.6) is 0 Å². The van der Waals surface area contributed by atoms with Gasteiger partial charge in [0.25, 0.3) is 0 Å². The van der Waals surface area contributed by atoms with Crippen molar-refractivity contribution < 1.29 is 23.1 Å². The van der Waals surface area contributed by atoms with Gasteiger partial charge < -0.3 is 10.4 Å². The number of anilines is 1. The van der Waals surface area contributed by atoms with E-state index in [1.807, 2.05) is 13.8 Å². The number of carboxylic acid groups (broad SMARTS) is 1. The highest BCUT2D eigenvalue weighted by Gasteiger charge is 2.31. The monoisotopic (exact) mass is 276 g/mol. The van der Waals surface area contributed by atoms with Gasteiger partial charge in [-0.1, -0.05) is 13.8 Å². The Morgan fingerprint density at radius 2 is 2.11 bits per heavy atom. The zero-order valence-electron chi connectivity index (χ0n) is 10.5. The fraction of sp³-hybridized carbons (Fsp3) is 0.500. The first-order valence-electron chi connectivity index (χ1n) is 5.72. The smallest absolute Gasteiger partial charge is 0.416 e. The van der Waals surface area contributed by atoms with Gasteiger partial charge in [0.2, 0.25) is 0 Å². The number of hydrogen-bond acceptors (Lipinski definition) is 3. The molecule has 0 aliphatic heterocycles. The van der Waals surface area contributed by atoms with Crippen LogP contribution < -0.4 is 5.32 Å². The van der Waals surface area contributed by atoms with Gasteiger partial charge in [-0.2, -0.15) is 13.2 Å². The molecule has 0 unspecified atom stereocenters. The summed E-state index contributed by atoms with van der Waals surface area (Å²) in [5, 5.41) is 11.5. The van der Waals surface area contributed by atoms with Gasteiger partial charge in [0.15, 0.2) is 0 Å². The maximum Gasteiger partial charge on any atom is 0.416 e. The van der Waals surface area contributed by atoms with Crippen molar-refractivity contribution in [1.82, 2.24) is 4.98 Å². The maximum atomic E-state index is 12.5. The van der Waals surface area contributed by atoms with E-state index >= 15 is 0 Å². The topological polar surface area (TPSA) is 62.2 Å². The summed E-state index contributed by atoms with van der Waals surface area (Å²) in [7, 11) is 0. The summed E-state index contributed by atoms with van der Waals surface area (Å²) in [6.07, 6.45) is -3.18. The molecule has 1 heterocycles. The number of pyridine rings is 1. The third-order valence-electron chi connectivity index (χ3n) is 2.41. The molecule has 0 amide bonds. The first kappa shape index (κ1) is 15.3. The Balaban J connectivity index is 2.88. The molecule has 1 atom stereocenters. The van der Waals surface area contributed by atoms with Gasteiger partial charge in [-0.15, -0.1) is 0 Å². The van der Waals surface area contributed by atoms with Crippen LogP contribution in [0.1, 0.15) is 25.8 Å². The van der Waals surface area contributed by atoms with E-state index in [2.05, 4.69) is 10.3 Å². The molecule has 2 N–H and O–H groups in total. The average Bonchev–Trinajstić information content (AvgIpc) is 2.26. The molecule has 0 bridgehead atoms. The van der Waals surface area contributed by atoms with Crippen LogP contribution in [0.2, 0.25) is 0 Å². The minimum Gasteiger partial charge on any atom is -0.480 e. The summed E-state index contributed by atoms with van der Waals surface area (Å²) in [6.45, 7) is 3.66. The second-order valence-electron chi connectivity index (χ2n) is 4.59. The van der Waals surface area contributed by atoms with Gasteiger partial charge in [0, 0.05) is 6.20 Å². The lowest BCUT2D eigenvalue weighted by atomic mass is 10.0. The summed E-state index contributed by atoms with van der Waals surface area (Å²) in [5.41, 5.74) is -0.862. The Morgan fingerprint density at radius 3 is 2.58 bits per heavy atom. The van der Waals surface area contributed by atoms with Crippen molar-refractivity contribution >= 4 is 11.8 Å². The number of carboxylic acids is 1. The first-order valence-corrected chi connectivity index (χ1v) is 5.72. The number of carbonyl (C=O) groups is 1. The second-order valence-corrected chi connectivity index (χ2v) is 4.59. The maximum absolute atomic E-state index is 12.5. The highest BCUT2D eigenvalue weighted by molar-refractivity contribution is 5.76. The molecule has 1 rings (SSSR count). The van der Waals surface area contributed by atoms with Gasteiger partial charge in [-0.25, -0.2) is 9.78 Å². The molecule has 0 aromatic carbocycles. The molecular formula is C12H15F3N2O2. The van der Waals surface area contributed by atoms with Crippen LogP contribution in [-0.4, -0.2) is 22.1 Å². The lowest BCUT2D eigenvalue weighted by molar-refractivity contribution is -0.138. The van der Waals surface area contributed by atoms with Crippen molar-refractivity contribution in [2.75, 3.05) is 5.32 Å². The van der Waals surface area contributed by atoms with Crippen LogP contribution in [0.15, 0.2) is 18.3 Å². The normalized spacial score (nSPS) is 13.4. The third-order valence-corrected chi connectivity index (χ3v) is 2.41. The Morgan fingerprint density at radius 1 is 1.47 bits per heavy atom. The molecule has 0 saturated heterocycles. The molecule has 106 valence electrons. The van der Waals surface area contributed by atoms with Crippen LogP contribution in [-0.2, 0) is 11.0 Å². The third kappa shape index (κ3) is 4.76. The van der Waals surface area contributed by atoms with Crippen molar-refractivity contribution in [3.05, 3.63) is 23.9 Å². The van der Waals surface area contributed by atoms with Gasteiger partial charge in [0.05, 0.1) is 5.56 Å². The first-order chi connectivity index (χ1) is 8.70. The second kappa shape index (κ2) is 5.90. The zero-order valence-corrected chi connectivity index (χ0v) is 10.5. The van der Waals surface area contributed by atoms with Crippen molar-refractivity contribution in [2.24, 2.45) is 5.92 Å². The molecule has 7 heteroatoms. The molecule has 0 saturated carbocycles. The Kier molecular flexibility index (Phi) is 4.74. The lowest BCUT2D eigenvalue weighted by Gasteiger charge is -2.17. The van der Waals surface area contributed by atoms with Gasteiger partial charge in [-0.05, 0) is 24.5 Å². The van der Waals surface area contributed by atoms with E-state index in [-0.39, 0.29) is 11.7 Å². The quantitative estimate of drug-likeness (QED) is 0.867. The molecular weight excluding hydrogens is 261 g/mol. The van der Waals surface area contributed by atoms with Crippen LogP contribution in [0.4, 0.5) is 19.0 Å². The van der Waals surface area contributed by atoms with Gasteiger partial charge in [0.1, 0.15) is 11.9 Å². The lowest BCUT2D eigenvalue weighted by Crippen LogP contribution is -2.31. The standard InChI is InChI=1S/C12H15F3N2O2/c1-7(2)5-9(11(18)19)17-10-6-8(3-4-16-10)12(13,14)15/h3-4,6-7,9H,5H2,1-2H3,(H,16,17)(H,18,19)/t9-/m0/s1. The van der Waals surface area contributed by atoms with Crippen molar-refractivity contribution in [3.63, 3.8) is 0 Å². The minimum atomic E-state index is -4.48. The number of alkyl halides is 3. The highest BCUT2D eigenvalue weighted by Crippen LogP contribution is 2.30. The summed E-state index contributed by atoms with van der Waals surface area (Å²) >= 11 is 0. The molecule has 0 spiro atoms. The summed E-state index contributed by atoms with van der Waals surface area (Å²) in [5.74, 6) is -1.12. The zero-order chi connectivity index (χ0) is 14.6. The number of hydrogen-bond donors (Lipinski definition) is 2. The molecule has 19 heavy (non-hydrogen) atoms. The number of nitrogens with one attached hydrogen (secondary N) is 1. The minimum absolute atomic E-state index is 0.0946. The Hall–Kier alpha value is -1.79. The highest BCUT2D eigenvalue weighted by atomic mass is 19.4. The average molecular weight is 276 g/mol. The van der Waals surface area contributed by atoms with E-state index in [4.69, 9.17) is 5.11 Å². The van der Waals surface area contributed by atoms with E-state index in [0.29, 0.717) is 6.42 Å². The van der Waals surface area contributed by atoms with Gasteiger partial charge >= 0.3 is 12.1 Å². The fourth-order valence-corrected chi connectivity index (χ4v) is 1.56. The number of aliphatic carboxylic acids is 1. The Bertz CT molecular complexity index is 447. The molecule has 0 aliphatic carbocycles. The Labute approximate surface area is 108 Å². The van der Waals surface area contributed by atoms with Crippen LogP contribution in [0.3, 0.4) is 0 Å². The largest absolute Gasteiger partial charge is 0.480 e. The predicted octanol–water partition coefficient (Wildman–Crippen LogP) is 3.01. The van der Waals surface area contributed by atoms with Gasteiger partial charge in [-0.3, -0.25) is 0 Å². The van der Waals surface area contributed by atoms with Crippen LogP contribution in [0.25, 0.3) is 0 Å². The number of halogens is 3. The van der Waals surface area contributed by atoms with Crippen molar-refractivity contribution in [1.29, 1.82) is 0 Å². The molecule has 4 nitrogen and oxygen atoms in total. The predicted molar refractivity (Wildman–Crippen MR) is 63.7 cm³/mol. The van der Waals surface area contributed by atoms with E-state index < -0.39 is 23.8 Å². The van der Waals surface area contributed by atoms with E-state index in [9.17, 15) is 18.0 Å². The van der Waals surface area contributed by atoms with E-state index in [1.165, 1.54) is 0 Å². The summed E-state index contributed by atoms with van der Waals surface area (Å²) < 4.78 is 37.5. The molecule has 0 fully saturated rings. The number of nitrogens with zero attached hydrogens (tertiary/aromatic N) is 1. The SMILES string of the molecule is CC(C)C[C@H](Nc1cc(C(F)(F)F)ccn1)C(=O)O. The number of aromatic nitrogens is 1. The van der Waals surface area contributed by atoms with Crippen molar-refractivity contribution in [3.8, 4) is 0 Å². The van der Waals surface area contributed by atoms with E-state index in [0.717, 1.165) is 18.3 Å².